The molecular formula is C14H14N2O3. The van der Waals surface area contributed by atoms with Gasteiger partial charge in [-0.1, -0.05) is 6.92 Å². The lowest BCUT2D eigenvalue weighted by molar-refractivity contribution is -0.593. The highest BCUT2D eigenvalue weighted by Crippen LogP contribution is 2.15. The Morgan fingerprint density at radius 3 is 2.58 bits per heavy atom. The summed E-state index contributed by atoms with van der Waals surface area (Å²) >= 11 is 0. The highest BCUT2D eigenvalue weighted by Gasteiger charge is 2.10. The van der Waals surface area contributed by atoms with Crippen LogP contribution in [0.15, 0.2) is 36.7 Å². The first-order valence-corrected chi connectivity index (χ1v) is 5.76. The minimum absolute atomic E-state index is 0.250. The SMILES string of the molecule is CCc1cc[n+]([O-])c(-c2cc(C)ccn2)c1.O=C=O. The molecule has 0 unspecified atom stereocenters. The van der Waals surface area contributed by atoms with Gasteiger partial charge >= 0.3 is 6.15 Å². The number of carbonyl (C=O) groups excluding carboxylic acids is 2. The molecule has 0 bridgehead atoms. The standard InChI is InChI=1S/C13H14N2O.CO2/c1-3-11-5-7-15(16)13(9-11)12-8-10(2)4-6-14-12;2-1-3/h4-9H,3H2,1-2H3;. The van der Waals surface area contributed by atoms with Gasteiger partial charge in [-0.25, -0.2) is 4.98 Å². The Kier molecular flexibility index (Phi) is 5.38. The minimum atomic E-state index is 0.250. The van der Waals surface area contributed by atoms with Crippen molar-refractivity contribution in [2.45, 2.75) is 20.3 Å². The molecule has 0 aliphatic rings. The predicted molar refractivity (Wildman–Crippen MR) is 67.8 cm³/mol. The zero-order valence-electron chi connectivity index (χ0n) is 10.8. The maximum absolute atomic E-state index is 11.7. The van der Waals surface area contributed by atoms with E-state index >= 15 is 0 Å². The van der Waals surface area contributed by atoms with Gasteiger partial charge < -0.3 is 5.21 Å². The van der Waals surface area contributed by atoms with Crippen molar-refractivity contribution < 1.29 is 14.3 Å². The van der Waals surface area contributed by atoms with Crippen LogP contribution in [0.2, 0.25) is 0 Å². The average molecular weight is 258 g/mol. The molecular weight excluding hydrogens is 244 g/mol. The van der Waals surface area contributed by atoms with E-state index in [1.165, 1.54) is 6.20 Å². The van der Waals surface area contributed by atoms with E-state index in [1.54, 1.807) is 6.20 Å². The van der Waals surface area contributed by atoms with Gasteiger partial charge in [0.05, 0.1) is 0 Å². The van der Waals surface area contributed by atoms with Crippen LogP contribution in [0, 0.1) is 12.1 Å². The Morgan fingerprint density at radius 1 is 1.32 bits per heavy atom. The highest BCUT2D eigenvalue weighted by molar-refractivity contribution is 5.52. The van der Waals surface area contributed by atoms with Crippen molar-refractivity contribution in [1.82, 2.24) is 4.98 Å². The molecule has 0 radical (unpaired) electrons. The molecule has 2 heterocycles. The fraction of sp³-hybridized carbons (Fsp3) is 0.214. The molecule has 5 nitrogen and oxygen atoms in total. The third-order valence-corrected chi connectivity index (χ3v) is 2.57. The molecule has 5 heteroatoms. The third-order valence-electron chi connectivity index (χ3n) is 2.57. The van der Waals surface area contributed by atoms with Gasteiger partial charge in [-0.15, -0.1) is 0 Å². The Hall–Kier alpha value is -2.52. The van der Waals surface area contributed by atoms with E-state index in [9.17, 15) is 5.21 Å². The van der Waals surface area contributed by atoms with E-state index < -0.39 is 0 Å². The molecule has 0 spiro atoms. The first-order valence-electron chi connectivity index (χ1n) is 5.76. The van der Waals surface area contributed by atoms with E-state index in [4.69, 9.17) is 9.59 Å². The molecule has 2 rings (SSSR count). The molecule has 0 aliphatic heterocycles. The summed E-state index contributed by atoms with van der Waals surface area (Å²) in [4.78, 5) is 20.5. The van der Waals surface area contributed by atoms with Crippen LogP contribution in [0.4, 0.5) is 0 Å². The summed E-state index contributed by atoms with van der Waals surface area (Å²) in [5.41, 5.74) is 3.59. The van der Waals surface area contributed by atoms with Crippen molar-refractivity contribution in [2.24, 2.45) is 0 Å². The van der Waals surface area contributed by atoms with Crippen molar-refractivity contribution in [2.75, 3.05) is 0 Å². The van der Waals surface area contributed by atoms with Gasteiger partial charge in [0.15, 0.2) is 6.20 Å². The largest absolute Gasteiger partial charge is 0.618 e. The second-order valence-corrected chi connectivity index (χ2v) is 3.90. The zero-order chi connectivity index (χ0) is 14.3. The Labute approximate surface area is 111 Å². The van der Waals surface area contributed by atoms with Gasteiger partial charge in [0, 0.05) is 18.3 Å². The molecule has 0 fully saturated rings. The average Bonchev–Trinajstić information content (AvgIpc) is 2.40. The quantitative estimate of drug-likeness (QED) is 0.606. The second kappa shape index (κ2) is 7.03. The summed E-state index contributed by atoms with van der Waals surface area (Å²) in [6.07, 6.45) is 4.43. The number of aryl methyl sites for hydroxylation is 2. The second-order valence-electron chi connectivity index (χ2n) is 3.90. The zero-order valence-corrected chi connectivity index (χ0v) is 10.8. The number of nitrogens with zero attached hydrogens (tertiary/aromatic N) is 2. The summed E-state index contributed by atoms with van der Waals surface area (Å²) in [5.74, 6) is 0. The molecule has 0 aliphatic carbocycles. The van der Waals surface area contributed by atoms with Crippen LogP contribution in [0.25, 0.3) is 11.4 Å². The van der Waals surface area contributed by atoms with Crippen LogP contribution in [-0.4, -0.2) is 11.1 Å². The number of rotatable bonds is 2. The molecule has 0 N–H and O–H groups in total. The van der Waals surface area contributed by atoms with Crippen molar-refractivity contribution >= 4 is 6.15 Å². The summed E-state index contributed by atoms with van der Waals surface area (Å²) < 4.78 is 0.862. The van der Waals surface area contributed by atoms with Gasteiger partial charge in [-0.3, -0.25) is 0 Å². The Morgan fingerprint density at radius 2 is 2.00 bits per heavy atom. The lowest BCUT2D eigenvalue weighted by Gasteiger charge is -2.05. The van der Waals surface area contributed by atoms with Gasteiger partial charge in [-0.2, -0.15) is 14.3 Å². The smallest absolute Gasteiger partial charge is 0.373 e. The van der Waals surface area contributed by atoms with Gasteiger partial charge in [0.1, 0.15) is 5.69 Å². The molecule has 2 aromatic rings. The molecule has 98 valence electrons. The summed E-state index contributed by atoms with van der Waals surface area (Å²) in [6.45, 7) is 4.06. The molecule has 0 aromatic carbocycles. The molecule has 2 aromatic heterocycles. The first-order chi connectivity index (χ1) is 9.12. The topological polar surface area (TPSA) is 74.0 Å². The van der Waals surface area contributed by atoms with E-state index in [-0.39, 0.29) is 6.15 Å². The lowest BCUT2D eigenvalue weighted by atomic mass is 10.1. The van der Waals surface area contributed by atoms with Crippen LogP contribution in [0.3, 0.4) is 0 Å². The van der Waals surface area contributed by atoms with Gasteiger partial charge in [-0.05, 0) is 36.6 Å². The van der Waals surface area contributed by atoms with Gasteiger partial charge in [0.25, 0.3) is 0 Å². The van der Waals surface area contributed by atoms with Crippen molar-refractivity contribution in [1.29, 1.82) is 0 Å². The van der Waals surface area contributed by atoms with Crippen LogP contribution in [0.5, 0.6) is 0 Å². The Bertz CT molecular complexity index is 591. The Balaban J connectivity index is 0.000000550. The summed E-state index contributed by atoms with van der Waals surface area (Å²) in [6, 6.07) is 7.58. The van der Waals surface area contributed by atoms with E-state index in [0.29, 0.717) is 5.69 Å². The minimum Gasteiger partial charge on any atom is -0.618 e. The van der Waals surface area contributed by atoms with E-state index in [2.05, 4.69) is 11.9 Å². The van der Waals surface area contributed by atoms with Crippen LogP contribution >= 0.6 is 0 Å². The number of hydrogen-bond acceptors (Lipinski definition) is 4. The van der Waals surface area contributed by atoms with E-state index in [1.807, 2.05) is 31.2 Å². The maximum Gasteiger partial charge on any atom is 0.373 e. The number of aromatic nitrogens is 2. The first kappa shape index (κ1) is 14.5. The fourth-order valence-electron chi connectivity index (χ4n) is 1.61. The van der Waals surface area contributed by atoms with Crippen LogP contribution < -0.4 is 4.73 Å². The normalized spacial score (nSPS) is 9.16. The summed E-state index contributed by atoms with van der Waals surface area (Å²) in [7, 11) is 0. The number of pyridine rings is 2. The molecule has 0 atom stereocenters. The van der Waals surface area contributed by atoms with Crippen molar-refractivity contribution in [3.05, 3.63) is 53.0 Å². The highest BCUT2D eigenvalue weighted by atomic mass is 16.5. The van der Waals surface area contributed by atoms with Crippen molar-refractivity contribution in [3.8, 4) is 11.4 Å². The fourth-order valence-corrected chi connectivity index (χ4v) is 1.61. The third kappa shape index (κ3) is 4.01. The van der Waals surface area contributed by atoms with E-state index in [0.717, 1.165) is 28.0 Å². The lowest BCUT2D eigenvalue weighted by Crippen LogP contribution is -2.28. The van der Waals surface area contributed by atoms with Crippen LogP contribution in [-0.2, 0) is 16.0 Å². The molecule has 0 saturated carbocycles. The van der Waals surface area contributed by atoms with Crippen LogP contribution in [0.1, 0.15) is 18.1 Å². The number of hydrogen-bond donors (Lipinski definition) is 0. The maximum atomic E-state index is 11.7. The monoisotopic (exact) mass is 258 g/mol. The molecule has 0 saturated heterocycles. The summed E-state index contributed by atoms with van der Waals surface area (Å²) in [5, 5.41) is 11.7. The molecule has 0 amide bonds. The van der Waals surface area contributed by atoms with Crippen molar-refractivity contribution in [3.63, 3.8) is 0 Å². The van der Waals surface area contributed by atoms with Gasteiger partial charge in [0.2, 0.25) is 5.69 Å². The predicted octanol–water partition coefficient (Wildman–Crippen LogP) is 1.67. The molecule has 19 heavy (non-hydrogen) atoms.